The Hall–Kier alpha value is -2.62. The monoisotopic (exact) mass is 501 g/mol. The summed E-state index contributed by atoms with van der Waals surface area (Å²) in [5.74, 6) is 0.407. The molecule has 3 heterocycles. The lowest BCUT2D eigenvalue weighted by molar-refractivity contribution is 0.0595. The third-order valence-corrected chi connectivity index (χ3v) is 7.71. The Morgan fingerprint density at radius 2 is 1.83 bits per heavy atom. The first-order valence-corrected chi connectivity index (χ1v) is 12.9. The van der Waals surface area contributed by atoms with E-state index in [1.807, 2.05) is 28.8 Å². The van der Waals surface area contributed by atoms with Gasteiger partial charge in [0, 0.05) is 19.2 Å². The van der Waals surface area contributed by atoms with Gasteiger partial charge in [0.1, 0.15) is 5.02 Å². The molecular formula is C25H32ClN5O4. The summed E-state index contributed by atoms with van der Waals surface area (Å²) in [7, 11) is 0. The van der Waals surface area contributed by atoms with Crippen LogP contribution in [0.2, 0.25) is 5.02 Å². The van der Waals surface area contributed by atoms with Gasteiger partial charge in [-0.1, -0.05) is 23.7 Å². The van der Waals surface area contributed by atoms with Gasteiger partial charge >= 0.3 is 5.69 Å². The van der Waals surface area contributed by atoms with Gasteiger partial charge in [-0.25, -0.2) is 9.48 Å². The molecular weight excluding hydrogens is 470 g/mol. The Labute approximate surface area is 208 Å². The summed E-state index contributed by atoms with van der Waals surface area (Å²) in [5, 5.41) is 17.3. The lowest BCUT2D eigenvalue weighted by Crippen LogP contribution is -2.34. The number of fused-ring (bicyclic) bond motifs is 1. The number of rotatable bonds is 7. The largest absolute Gasteiger partial charge is 0.395 e. The molecule has 2 fully saturated rings. The Morgan fingerprint density at radius 1 is 1.09 bits per heavy atom. The molecule has 1 aromatic carbocycles. The van der Waals surface area contributed by atoms with E-state index in [2.05, 4.69) is 10.4 Å². The number of aromatic nitrogens is 4. The summed E-state index contributed by atoms with van der Waals surface area (Å²) < 4.78 is 10.5. The number of hydrogen-bond acceptors (Lipinski definition) is 6. The molecule has 3 aromatic rings. The molecule has 0 unspecified atom stereocenters. The minimum absolute atomic E-state index is 0.0356. The van der Waals surface area contributed by atoms with Crippen LogP contribution in [0.3, 0.4) is 0 Å². The molecule has 2 N–H and O–H groups in total. The van der Waals surface area contributed by atoms with E-state index in [-0.39, 0.29) is 41.5 Å². The minimum atomic E-state index is -0.281. The van der Waals surface area contributed by atoms with Gasteiger partial charge in [-0.3, -0.25) is 13.9 Å². The fourth-order valence-electron chi connectivity index (χ4n) is 5.51. The molecule has 0 spiro atoms. The van der Waals surface area contributed by atoms with Gasteiger partial charge in [0.25, 0.3) is 5.56 Å². The Kier molecular flexibility index (Phi) is 7.27. The van der Waals surface area contributed by atoms with Crippen LogP contribution >= 0.6 is 11.6 Å². The van der Waals surface area contributed by atoms with Gasteiger partial charge in [-0.15, -0.1) is 0 Å². The first-order chi connectivity index (χ1) is 17.1. The van der Waals surface area contributed by atoms with Gasteiger partial charge in [0.15, 0.2) is 0 Å². The normalized spacial score (nSPS) is 23.0. The molecule has 0 radical (unpaired) electrons. The highest BCUT2D eigenvalue weighted by Gasteiger charge is 2.28. The number of ether oxygens (including phenoxy) is 1. The summed E-state index contributed by atoms with van der Waals surface area (Å²) >= 11 is 6.44. The number of nitrogens with zero attached hydrogens (tertiary/aromatic N) is 4. The number of aliphatic hydroxyl groups excluding tert-OH is 1. The van der Waals surface area contributed by atoms with Crippen molar-refractivity contribution in [3.63, 3.8) is 0 Å². The van der Waals surface area contributed by atoms with Crippen LogP contribution in [0, 0.1) is 5.92 Å². The van der Waals surface area contributed by atoms with Gasteiger partial charge < -0.3 is 15.2 Å². The number of imidazole rings is 1. The predicted octanol–water partition coefficient (Wildman–Crippen LogP) is 3.20. The Balaban J connectivity index is 1.29. The third kappa shape index (κ3) is 4.77. The average molecular weight is 502 g/mol. The lowest BCUT2D eigenvalue weighted by atomic mass is 9.91. The quantitative estimate of drug-likeness (QED) is 0.515. The van der Waals surface area contributed by atoms with Crippen molar-refractivity contribution < 1.29 is 9.84 Å². The summed E-state index contributed by atoms with van der Waals surface area (Å²) in [6.07, 6.45) is 6.76. The number of para-hydroxylation sites is 2. The van der Waals surface area contributed by atoms with E-state index >= 15 is 0 Å². The fraction of sp³-hybridized carbons (Fsp3) is 0.560. The van der Waals surface area contributed by atoms with E-state index in [4.69, 9.17) is 16.3 Å². The van der Waals surface area contributed by atoms with E-state index in [1.165, 1.54) is 4.68 Å². The maximum Gasteiger partial charge on any atom is 0.329 e. The van der Waals surface area contributed by atoms with Crippen LogP contribution in [0.15, 0.2) is 40.1 Å². The topological polar surface area (TPSA) is 103 Å². The van der Waals surface area contributed by atoms with Gasteiger partial charge in [0.2, 0.25) is 0 Å². The van der Waals surface area contributed by atoms with Crippen molar-refractivity contribution in [3.05, 3.63) is 56.3 Å². The average Bonchev–Trinajstić information content (AvgIpc) is 3.17. The Bertz CT molecular complexity index is 1290. The van der Waals surface area contributed by atoms with Crippen LogP contribution < -0.4 is 16.6 Å². The second-order valence-corrected chi connectivity index (χ2v) is 9.94. The SMILES string of the molecule is O=c1c(Cl)c(NC[C@@H]2CCCOC2)cnn1C1CCC(n2c(=O)n(CCO)c3ccccc32)CC1. The maximum absolute atomic E-state index is 13.2. The molecule has 2 aliphatic rings. The second kappa shape index (κ2) is 10.6. The van der Waals surface area contributed by atoms with Crippen LogP contribution in [-0.2, 0) is 11.3 Å². The van der Waals surface area contributed by atoms with Crippen molar-refractivity contribution in [2.75, 3.05) is 31.7 Å². The lowest BCUT2D eigenvalue weighted by Gasteiger charge is -2.30. The van der Waals surface area contributed by atoms with Crippen molar-refractivity contribution in [1.29, 1.82) is 0 Å². The van der Waals surface area contributed by atoms with Crippen molar-refractivity contribution in [3.8, 4) is 0 Å². The van der Waals surface area contributed by atoms with Crippen LogP contribution in [0.25, 0.3) is 11.0 Å². The molecule has 1 saturated heterocycles. The summed E-state index contributed by atoms with van der Waals surface area (Å²) in [6, 6.07) is 7.67. The maximum atomic E-state index is 13.2. The van der Waals surface area contributed by atoms with Crippen LogP contribution in [0.4, 0.5) is 5.69 Å². The molecule has 35 heavy (non-hydrogen) atoms. The highest BCUT2D eigenvalue weighted by molar-refractivity contribution is 6.32. The number of benzene rings is 1. The number of aliphatic hydroxyl groups is 1. The van der Waals surface area contributed by atoms with Crippen molar-refractivity contribution in [1.82, 2.24) is 18.9 Å². The molecule has 2 aromatic heterocycles. The predicted molar refractivity (Wildman–Crippen MR) is 135 cm³/mol. The molecule has 1 atom stereocenters. The van der Waals surface area contributed by atoms with E-state index in [9.17, 15) is 14.7 Å². The van der Waals surface area contributed by atoms with E-state index < -0.39 is 0 Å². The highest BCUT2D eigenvalue weighted by atomic mass is 35.5. The molecule has 9 nitrogen and oxygen atoms in total. The van der Waals surface area contributed by atoms with Crippen molar-refractivity contribution >= 4 is 28.3 Å². The van der Waals surface area contributed by atoms with Crippen molar-refractivity contribution in [2.24, 2.45) is 5.92 Å². The standard InChI is InChI=1S/C25H32ClN5O4/c26-23-20(27-14-17-4-3-13-35-16-17)15-28-31(24(23)33)19-9-7-18(8-10-19)30-22-6-2-1-5-21(22)29(11-12-32)25(30)34/h1-2,5-6,15,17-19,27,32H,3-4,7-14,16H2/t17-,18?,19?/m0/s1. The second-order valence-electron chi connectivity index (χ2n) is 9.56. The minimum Gasteiger partial charge on any atom is -0.395 e. The smallest absolute Gasteiger partial charge is 0.329 e. The summed E-state index contributed by atoms with van der Waals surface area (Å²) in [6.45, 7) is 2.42. The molecule has 0 amide bonds. The third-order valence-electron chi connectivity index (χ3n) is 7.35. The first-order valence-electron chi connectivity index (χ1n) is 12.5. The molecule has 5 rings (SSSR count). The molecule has 1 aliphatic heterocycles. The fourth-order valence-corrected chi connectivity index (χ4v) is 5.72. The van der Waals surface area contributed by atoms with Crippen LogP contribution in [0.1, 0.15) is 50.6 Å². The van der Waals surface area contributed by atoms with E-state index in [0.29, 0.717) is 18.2 Å². The Morgan fingerprint density at radius 3 is 2.54 bits per heavy atom. The van der Waals surface area contributed by atoms with Gasteiger partial charge in [-0.2, -0.15) is 5.10 Å². The number of hydrogen-bond donors (Lipinski definition) is 2. The number of nitrogens with one attached hydrogen (secondary N) is 1. The zero-order valence-electron chi connectivity index (χ0n) is 19.7. The van der Waals surface area contributed by atoms with Gasteiger partial charge in [-0.05, 0) is 56.6 Å². The highest BCUT2D eigenvalue weighted by Crippen LogP contribution is 2.35. The zero-order valence-corrected chi connectivity index (χ0v) is 20.5. The molecule has 1 aliphatic carbocycles. The van der Waals surface area contributed by atoms with E-state index in [1.54, 1.807) is 10.8 Å². The van der Waals surface area contributed by atoms with E-state index in [0.717, 1.165) is 62.8 Å². The van der Waals surface area contributed by atoms with Gasteiger partial charge in [0.05, 0.1) is 48.7 Å². The van der Waals surface area contributed by atoms with Crippen molar-refractivity contribution in [2.45, 2.75) is 57.2 Å². The molecule has 0 bridgehead atoms. The summed E-state index contributed by atoms with van der Waals surface area (Å²) in [5.41, 5.74) is 1.90. The number of halogens is 1. The van der Waals surface area contributed by atoms with Crippen LogP contribution in [0.5, 0.6) is 0 Å². The molecule has 188 valence electrons. The van der Waals surface area contributed by atoms with Crippen LogP contribution in [-0.4, -0.2) is 50.4 Å². The number of anilines is 1. The first kappa shape index (κ1) is 24.1. The zero-order chi connectivity index (χ0) is 24.4. The molecule has 1 saturated carbocycles. The summed E-state index contributed by atoms with van der Waals surface area (Å²) in [4.78, 5) is 26.2. The molecule has 10 heteroatoms.